The van der Waals surface area contributed by atoms with Gasteiger partial charge >= 0.3 is 0 Å². The molecule has 0 radical (unpaired) electrons. The third-order valence-corrected chi connectivity index (χ3v) is 5.39. The molecule has 6 heteroatoms. The normalized spacial score (nSPS) is 18.3. The first-order chi connectivity index (χ1) is 13.8. The summed E-state index contributed by atoms with van der Waals surface area (Å²) in [7, 11) is 3.89. The molecule has 0 bridgehead atoms. The first-order valence-electron chi connectivity index (χ1n) is 9.66. The smallest absolute Gasteiger partial charge is 0.295 e. The SMILES string of the molecule is CCCCN1C(=O)C(=O)/C(=C(\O)c2ccc(Cl)cc2)C1c1ccc(N(C)C)cc1. The molecule has 1 fully saturated rings. The van der Waals surface area contributed by atoms with Crippen LogP contribution in [0.15, 0.2) is 54.1 Å². The molecule has 2 aromatic carbocycles. The second kappa shape index (κ2) is 8.70. The number of halogens is 1. The van der Waals surface area contributed by atoms with Crippen molar-refractivity contribution in [3.8, 4) is 0 Å². The highest BCUT2D eigenvalue weighted by Gasteiger charge is 2.45. The molecule has 152 valence electrons. The fourth-order valence-electron chi connectivity index (χ4n) is 3.50. The van der Waals surface area contributed by atoms with Crippen molar-refractivity contribution in [2.75, 3.05) is 25.5 Å². The van der Waals surface area contributed by atoms with E-state index in [1.54, 1.807) is 29.2 Å². The zero-order chi connectivity index (χ0) is 21.1. The molecule has 0 saturated carbocycles. The van der Waals surface area contributed by atoms with Gasteiger partial charge in [0, 0.05) is 36.9 Å². The Bertz CT molecular complexity index is 934. The highest BCUT2D eigenvalue weighted by atomic mass is 35.5. The van der Waals surface area contributed by atoms with Crippen LogP contribution < -0.4 is 4.90 Å². The highest BCUT2D eigenvalue weighted by Crippen LogP contribution is 2.40. The first kappa shape index (κ1) is 20.9. The van der Waals surface area contributed by atoms with Gasteiger partial charge in [0.2, 0.25) is 0 Å². The summed E-state index contributed by atoms with van der Waals surface area (Å²) in [4.78, 5) is 29.2. The van der Waals surface area contributed by atoms with Crippen molar-refractivity contribution in [3.63, 3.8) is 0 Å². The first-order valence-corrected chi connectivity index (χ1v) is 10.0. The summed E-state index contributed by atoms with van der Waals surface area (Å²) in [6, 6.07) is 13.6. The Morgan fingerprint density at radius 2 is 1.69 bits per heavy atom. The topological polar surface area (TPSA) is 60.9 Å². The summed E-state index contributed by atoms with van der Waals surface area (Å²) in [6.07, 6.45) is 1.67. The minimum absolute atomic E-state index is 0.117. The van der Waals surface area contributed by atoms with E-state index in [-0.39, 0.29) is 11.3 Å². The molecule has 2 aromatic rings. The maximum Gasteiger partial charge on any atom is 0.295 e. The van der Waals surface area contributed by atoms with Gasteiger partial charge in [-0.15, -0.1) is 0 Å². The van der Waals surface area contributed by atoms with Gasteiger partial charge in [0.15, 0.2) is 0 Å². The van der Waals surface area contributed by atoms with Crippen molar-refractivity contribution in [1.82, 2.24) is 4.90 Å². The van der Waals surface area contributed by atoms with E-state index in [1.165, 1.54) is 0 Å². The summed E-state index contributed by atoms with van der Waals surface area (Å²) in [6.45, 7) is 2.49. The van der Waals surface area contributed by atoms with Gasteiger partial charge in [-0.25, -0.2) is 0 Å². The van der Waals surface area contributed by atoms with Crippen LogP contribution in [0.1, 0.15) is 36.9 Å². The maximum atomic E-state index is 12.9. The Labute approximate surface area is 176 Å². The molecule has 1 aliphatic heterocycles. The number of aliphatic hydroxyl groups is 1. The van der Waals surface area contributed by atoms with Gasteiger partial charge in [0.25, 0.3) is 11.7 Å². The van der Waals surface area contributed by atoms with Crippen LogP contribution in [0.2, 0.25) is 5.02 Å². The fourth-order valence-corrected chi connectivity index (χ4v) is 3.63. The Hall–Kier alpha value is -2.79. The van der Waals surface area contributed by atoms with E-state index in [0.717, 1.165) is 24.1 Å². The lowest BCUT2D eigenvalue weighted by Gasteiger charge is -2.25. The summed E-state index contributed by atoms with van der Waals surface area (Å²) in [5.41, 5.74) is 2.38. The minimum atomic E-state index is -0.657. The average Bonchev–Trinajstić information content (AvgIpc) is 2.97. The molecule has 1 aliphatic rings. The second-order valence-corrected chi connectivity index (χ2v) is 7.78. The van der Waals surface area contributed by atoms with E-state index in [1.807, 2.05) is 50.2 Å². The molecule has 5 nitrogen and oxygen atoms in total. The summed E-state index contributed by atoms with van der Waals surface area (Å²) >= 11 is 5.94. The Balaban J connectivity index is 2.13. The van der Waals surface area contributed by atoms with Crippen LogP contribution >= 0.6 is 11.6 Å². The molecule has 0 aliphatic carbocycles. The van der Waals surface area contributed by atoms with Crippen molar-refractivity contribution in [2.24, 2.45) is 0 Å². The molecular weight excluding hydrogens is 388 g/mol. The second-order valence-electron chi connectivity index (χ2n) is 7.34. The number of amides is 1. The van der Waals surface area contributed by atoms with Crippen LogP contribution in [0.4, 0.5) is 5.69 Å². The standard InChI is InChI=1S/C23H25ClN2O3/c1-4-5-14-26-20(15-8-12-18(13-9-15)25(2)3)19(22(28)23(26)29)21(27)16-6-10-17(24)11-7-16/h6-13,20,27H,4-5,14H2,1-3H3/b21-19-. The van der Waals surface area contributed by atoms with Crippen molar-refractivity contribution < 1.29 is 14.7 Å². The number of anilines is 1. The predicted molar refractivity (Wildman–Crippen MR) is 116 cm³/mol. The molecule has 3 rings (SSSR count). The number of benzene rings is 2. The number of ketones is 1. The zero-order valence-electron chi connectivity index (χ0n) is 16.9. The van der Waals surface area contributed by atoms with E-state index in [2.05, 4.69) is 0 Å². The molecule has 1 N–H and O–H groups in total. The molecule has 0 spiro atoms. The number of nitrogens with zero attached hydrogens (tertiary/aromatic N) is 2. The largest absolute Gasteiger partial charge is 0.507 e. The number of carbonyl (C=O) groups is 2. The van der Waals surface area contributed by atoms with Crippen molar-refractivity contribution in [3.05, 3.63) is 70.3 Å². The van der Waals surface area contributed by atoms with Gasteiger partial charge in [0.1, 0.15) is 5.76 Å². The molecular formula is C23H25ClN2O3. The number of carbonyl (C=O) groups excluding carboxylic acids is 2. The van der Waals surface area contributed by atoms with Gasteiger partial charge in [0.05, 0.1) is 11.6 Å². The number of hydrogen-bond acceptors (Lipinski definition) is 4. The highest BCUT2D eigenvalue weighted by molar-refractivity contribution is 6.46. The quantitative estimate of drug-likeness (QED) is 0.427. The maximum absolute atomic E-state index is 12.9. The summed E-state index contributed by atoms with van der Waals surface area (Å²) in [5.74, 6) is -1.41. The van der Waals surface area contributed by atoms with E-state index in [4.69, 9.17) is 11.6 Å². The number of unbranched alkanes of at least 4 members (excludes halogenated alkanes) is 1. The van der Waals surface area contributed by atoms with E-state index in [0.29, 0.717) is 17.1 Å². The Morgan fingerprint density at radius 3 is 2.24 bits per heavy atom. The lowest BCUT2D eigenvalue weighted by molar-refractivity contribution is -0.139. The molecule has 29 heavy (non-hydrogen) atoms. The van der Waals surface area contributed by atoms with Crippen LogP contribution in [0.5, 0.6) is 0 Å². The zero-order valence-corrected chi connectivity index (χ0v) is 17.6. The van der Waals surface area contributed by atoms with Gasteiger partial charge in [-0.1, -0.05) is 37.1 Å². The van der Waals surface area contributed by atoms with Crippen LogP contribution in [0.25, 0.3) is 5.76 Å². The predicted octanol–water partition coefficient (Wildman–Crippen LogP) is 4.63. The van der Waals surface area contributed by atoms with Gasteiger partial charge in [-0.3, -0.25) is 9.59 Å². The van der Waals surface area contributed by atoms with Crippen molar-refractivity contribution >= 4 is 34.7 Å². The lowest BCUT2D eigenvalue weighted by Crippen LogP contribution is -2.30. The molecule has 1 heterocycles. The van der Waals surface area contributed by atoms with Gasteiger partial charge < -0.3 is 14.9 Å². The number of rotatable bonds is 6. The summed E-state index contributed by atoms with van der Waals surface area (Å²) in [5, 5.41) is 11.5. The Kier molecular flexibility index (Phi) is 6.28. The Morgan fingerprint density at radius 1 is 1.07 bits per heavy atom. The van der Waals surface area contributed by atoms with Crippen LogP contribution in [-0.2, 0) is 9.59 Å². The number of aliphatic hydroxyl groups excluding tert-OH is 1. The van der Waals surface area contributed by atoms with Crippen molar-refractivity contribution in [2.45, 2.75) is 25.8 Å². The molecule has 1 amide bonds. The third-order valence-electron chi connectivity index (χ3n) is 5.14. The van der Waals surface area contributed by atoms with E-state index in [9.17, 15) is 14.7 Å². The van der Waals surface area contributed by atoms with Crippen LogP contribution in [-0.4, -0.2) is 42.3 Å². The van der Waals surface area contributed by atoms with Gasteiger partial charge in [-0.2, -0.15) is 0 Å². The molecule has 1 unspecified atom stereocenters. The monoisotopic (exact) mass is 412 g/mol. The van der Waals surface area contributed by atoms with E-state index >= 15 is 0 Å². The van der Waals surface area contributed by atoms with Crippen LogP contribution in [0.3, 0.4) is 0 Å². The minimum Gasteiger partial charge on any atom is -0.507 e. The van der Waals surface area contributed by atoms with Crippen LogP contribution in [0, 0.1) is 0 Å². The fraction of sp³-hybridized carbons (Fsp3) is 0.304. The van der Waals surface area contributed by atoms with E-state index < -0.39 is 17.7 Å². The van der Waals surface area contributed by atoms with Crippen molar-refractivity contribution in [1.29, 1.82) is 0 Å². The average molecular weight is 413 g/mol. The summed E-state index contributed by atoms with van der Waals surface area (Å²) < 4.78 is 0. The number of likely N-dealkylation sites (tertiary alicyclic amines) is 1. The van der Waals surface area contributed by atoms with Gasteiger partial charge in [-0.05, 0) is 48.4 Å². The molecule has 0 aromatic heterocycles. The third kappa shape index (κ3) is 4.15. The molecule has 1 atom stereocenters. The number of hydrogen-bond donors (Lipinski definition) is 1. The lowest BCUT2D eigenvalue weighted by atomic mass is 9.95. The molecule has 1 saturated heterocycles. The number of Topliss-reactive ketones (excluding diaryl/α,β-unsaturated/α-hetero) is 1.